The van der Waals surface area contributed by atoms with Crippen molar-refractivity contribution >= 4 is 11.8 Å². The molecule has 1 heterocycles. The minimum atomic E-state index is -1.57. The summed E-state index contributed by atoms with van der Waals surface area (Å²) in [5, 5.41) is 8.82. The lowest BCUT2D eigenvalue weighted by atomic mass is 9.95. The first-order chi connectivity index (χ1) is 9.56. The van der Waals surface area contributed by atoms with E-state index in [1.165, 1.54) is 6.07 Å². The Bertz CT molecular complexity index is 535. The molecule has 1 aliphatic heterocycles. The van der Waals surface area contributed by atoms with Crippen LogP contribution < -0.4 is 0 Å². The van der Waals surface area contributed by atoms with E-state index in [0.717, 1.165) is 6.07 Å². The second-order valence-corrected chi connectivity index (χ2v) is 4.40. The van der Waals surface area contributed by atoms with Crippen LogP contribution in [0.25, 0.3) is 0 Å². The van der Waals surface area contributed by atoms with Gasteiger partial charge in [0, 0.05) is 11.1 Å². The summed E-state index contributed by atoms with van der Waals surface area (Å²) in [6, 6.07) is 2.27. The predicted octanol–water partition coefficient (Wildman–Crippen LogP) is 2.09. The van der Waals surface area contributed by atoms with Crippen LogP contribution in [0.15, 0.2) is 12.1 Å². The average Bonchev–Trinajstić information content (AvgIpc) is 2.46. The molecular weight excluding hydrogens is 267 g/mol. The third-order valence-electron chi connectivity index (χ3n) is 3.16. The Balaban J connectivity index is 2.51. The van der Waals surface area contributed by atoms with Gasteiger partial charge in [-0.2, -0.15) is 0 Å². The van der Waals surface area contributed by atoms with Crippen LogP contribution in [0.5, 0.6) is 0 Å². The predicted molar refractivity (Wildman–Crippen MR) is 67.0 cm³/mol. The van der Waals surface area contributed by atoms with Gasteiger partial charge in [-0.25, -0.2) is 9.18 Å². The van der Waals surface area contributed by atoms with Crippen LogP contribution in [0, 0.1) is 5.82 Å². The van der Waals surface area contributed by atoms with Crippen molar-refractivity contribution in [3.63, 3.8) is 0 Å². The van der Waals surface area contributed by atoms with Gasteiger partial charge in [-0.15, -0.1) is 0 Å². The fraction of sp³-hybridized carbons (Fsp3) is 0.429. The van der Waals surface area contributed by atoms with Crippen molar-refractivity contribution in [1.29, 1.82) is 0 Å². The summed E-state index contributed by atoms with van der Waals surface area (Å²) in [6.45, 7) is 2.59. The molecule has 0 atom stereocenters. The van der Waals surface area contributed by atoms with Gasteiger partial charge in [-0.1, -0.05) is 6.92 Å². The maximum absolute atomic E-state index is 14.0. The molecule has 0 radical (unpaired) electrons. The lowest BCUT2D eigenvalue weighted by Gasteiger charge is -2.26. The van der Waals surface area contributed by atoms with E-state index in [-0.39, 0.29) is 11.1 Å². The molecule has 1 fully saturated rings. The van der Waals surface area contributed by atoms with E-state index < -0.39 is 23.9 Å². The summed E-state index contributed by atoms with van der Waals surface area (Å²) in [5.41, 5.74) is 0.428. The first-order valence-electron chi connectivity index (χ1n) is 6.38. The summed E-state index contributed by atoms with van der Waals surface area (Å²) >= 11 is 0. The second-order valence-electron chi connectivity index (χ2n) is 4.40. The zero-order valence-corrected chi connectivity index (χ0v) is 11.0. The summed E-state index contributed by atoms with van der Waals surface area (Å²) < 4.78 is 24.8. The molecule has 1 N–H and O–H groups in total. The number of halogens is 1. The molecule has 1 saturated heterocycles. The fourth-order valence-corrected chi connectivity index (χ4v) is 2.25. The minimum absolute atomic E-state index is 0.0193. The van der Waals surface area contributed by atoms with Crippen LogP contribution in [0.4, 0.5) is 4.39 Å². The van der Waals surface area contributed by atoms with Gasteiger partial charge >= 0.3 is 5.97 Å². The SMILES string of the molecule is CCc1c(C(=O)C(=O)O)ccc(F)c1C1OCCCO1. The van der Waals surface area contributed by atoms with E-state index in [1.807, 2.05) is 0 Å². The van der Waals surface area contributed by atoms with E-state index in [1.54, 1.807) is 6.92 Å². The summed E-state index contributed by atoms with van der Waals surface area (Å²) in [7, 11) is 0. The summed E-state index contributed by atoms with van der Waals surface area (Å²) in [4.78, 5) is 22.5. The third-order valence-corrected chi connectivity index (χ3v) is 3.16. The number of rotatable bonds is 4. The Morgan fingerprint density at radius 1 is 1.35 bits per heavy atom. The van der Waals surface area contributed by atoms with Crippen molar-refractivity contribution in [3.05, 3.63) is 34.6 Å². The largest absolute Gasteiger partial charge is 0.475 e. The number of ketones is 1. The van der Waals surface area contributed by atoms with Gasteiger partial charge in [0.2, 0.25) is 0 Å². The van der Waals surface area contributed by atoms with Crippen molar-refractivity contribution < 1.29 is 28.6 Å². The Labute approximate surface area is 115 Å². The number of carboxylic acids is 1. The number of benzene rings is 1. The van der Waals surface area contributed by atoms with Gasteiger partial charge in [0.05, 0.1) is 13.2 Å². The molecule has 0 aliphatic carbocycles. The lowest BCUT2D eigenvalue weighted by molar-refractivity contribution is -0.184. The Morgan fingerprint density at radius 2 is 2.00 bits per heavy atom. The molecule has 5 nitrogen and oxygen atoms in total. The van der Waals surface area contributed by atoms with Crippen molar-refractivity contribution in [2.45, 2.75) is 26.1 Å². The van der Waals surface area contributed by atoms with E-state index in [2.05, 4.69) is 0 Å². The molecule has 20 heavy (non-hydrogen) atoms. The van der Waals surface area contributed by atoms with Gasteiger partial charge in [-0.05, 0) is 30.5 Å². The highest BCUT2D eigenvalue weighted by molar-refractivity contribution is 6.40. The van der Waals surface area contributed by atoms with Crippen LogP contribution in [0.1, 0.15) is 41.1 Å². The van der Waals surface area contributed by atoms with Crippen LogP contribution in [-0.4, -0.2) is 30.1 Å². The molecule has 108 valence electrons. The summed E-state index contributed by atoms with van der Waals surface area (Å²) in [6.07, 6.45) is 0.137. The van der Waals surface area contributed by atoms with Crippen molar-refractivity contribution in [1.82, 2.24) is 0 Å². The number of Topliss-reactive ketones (excluding diaryl/α,β-unsaturated/α-hetero) is 1. The van der Waals surface area contributed by atoms with E-state index >= 15 is 0 Å². The number of hydrogen-bond acceptors (Lipinski definition) is 4. The molecule has 0 saturated carbocycles. The van der Waals surface area contributed by atoms with E-state index in [9.17, 15) is 14.0 Å². The first kappa shape index (κ1) is 14.6. The number of aliphatic carboxylic acids is 1. The topological polar surface area (TPSA) is 72.8 Å². The lowest BCUT2D eigenvalue weighted by Crippen LogP contribution is -2.23. The average molecular weight is 282 g/mol. The number of carbonyl (C=O) groups excluding carboxylic acids is 1. The minimum Gasteiger partial charge on any atom is -0.475 e. The maximum atomic E-state index is 14.0. The molecule has 0 aromatic heterocycles. The normalized spacial score (nSPS) is 16.1. The molecular formula is C14H15FO5. The molecule has 0 spiro atoms. The third kappa shape index (κ3) is 2.71. The van der Waals surface area contributed by atoms with Gasteiger partial charge < -0.3 is 14.6 Å². The zero-order valence-electron chi connectivity index (χ0n) is 11.0. The Kier molecular flexibility index (Phi) is 4.46. The van der Waals surface area contributed by atoms with Gasteiger partial charge in [0.25, 0.3) is 5.78 Å². The molecule has 1 aromatic rings. The molecule has 1 aromatic carbocycles. The van der Waals surface area contributed by atoms with Crippen LogP contribution in [-0.2, 0) is 20.7 Å². The molecule has 6 heteroatoms. The van der Waals surface area contributed by atoms with Crippen LogP contribution in [0.2, 0.25) is 0 Å². The van der Waals surface area contributed by atoms with Gasteiger partial charge in [0.15, 0.2) is 6.29 Å². The highest BCUT2D eigenvalue weighted by Crippen LogP contribution is 2.31. The maximum Gasteiger partial charge on any atom is 0.377 e. The quantitative estimate of drug-likeness (QED) is 0.676. The number of ether oxygens (including phenoxy) is 2. The first-order valence-corrected chi connectivity index (χ1v) is 6.38. The van der Waals surface area contributed by atoms with Crippen molar-refractivity contribution in [2.75, 3.05) is 13.2 Å². The smallest absolute Gasteiger partial charge is 0.377 e. The standard InChI is InChI=1S/C14H15FO5/c1-2-8-9(12(16)13(17)18)4-5-10(15)11(8)14-19-6-3-7-20-14/h4-5,14H,2-3,6-7H2,1H3,(H,17,18). The number of carboxylic acid groups (broad SMARTS) is 1. The monoisotopic (exact) mass is 282 g/mol. The van der Waals surface area contributed by atoms with E-state index in [4.69, 9.17) is 14.6 Å². The molecule has 0 bridgehead atoms. The molecule has 1 aliphatic rings. The molecule has 0 amide bonds. The van der Waals surface area contributed by atoms with Gasteiger partial charge in [0.1, 0.15) is 5.82 Å². The van der Waals surface area contributed by atoms with Crippen LogP contribution in [0.3, 0.4) is 0 Å². The van der Waals surface area contributed by atoms with Gasteiger partial charge in [-0.3, -0.25) is 4.79 Å². The molecule has 2 rings (SSSR count). The summed E-state index contributed by atoms with van der Waals surface area (Å²) in [5.74, 6) is -3.18. The van der Waals surface area contributed by atoms with Crippen molar-refractivity contribution in [3.8, 4) is 0 Å². The highest BCUT2D eigenvalue weighted by atomic mass is 19.1. The zero-order chi connectivity index (χ0) is 14.7. The fourth-order valence-electron chi connectivity index (χ4n) is 2.25. The van der Waals surface area contributed by atoms with Crippen LogP contribution >= 0.6 is 0 Å². The number of hydrogen-bond donors (Lipinski definition) is 1. The highest BCUT2D eigenvalue weighted by Gasteiger charge is 2.28. The number of carbonyl (C=O) groups is 2. The Morgan fingerprint density at radius 3 is 2.55 bits per heavy atom. The van der Waals surface area contributed by atoms with Crippen molar-refractivity contribution in [2.24, 2.45) is 0 Å². The van der Waals surface area contributed by atoms with E-state index in [0.29, 0.717) is 31.6 Å². The molecule has 0 unspecified atom stereocenters. The second kappa shape index (κ2) is 6.11. The Hall–Kier alpha value is -1.79.